The summed E-state index contributed by atoms with van der Waals surface area (Å²) >= 11 is 6.47. The van der Waals surface area contributed by atoms with E-state index in [1.807, 2.05) is 22.9 Å². The molecule has 2 saturated heterocycles. The van der Waals surface area contributed by atoms with Gasteiger partial charge in [0, 0.05) is 31.6 Å². The lowest BCUT2D eigenvalue weighted by atomic mass is 9.78. The normalized spacial score (nSPS) is 18.8. The Morgan fingerprint density at radius 2 is 1.62 bits per heavy atom. The van der Waals surface area contributed by atoms with Gasteiger partial charge in [0.1, 0.15) is 0 Å². The second-order valence-electron chi connectivity index (χ2n) is 11.4. The molecule has 39 heavy (non-hydrogen) atoms. The zero-order valence-electron chi connectivity index (χ0n) is 21.9. The summed E-state index contributed by atoms with van der Waals surface area (Å²) in [5.41, 5.74) is 2.26. The molecule has 2 aliphatic rings. The van der Waals surface area contributed by atoms with Crippen LogP contribution in [0.15, 0.2) is 30.3 Å². The third-order valence-electron chi connectivity index (χ3n) is 7.43. The summed E-state index contributed by atoms with van der Waals surface area (Å²) in [6.45, 7) is 8.31. The molecule has 1 amide bonds. The van der Waals surface area contributed by atoms with Gasteiger partial charge < -0.3 is 9.64 Å². The number of halogens is 7. The van der Waals surface area contributed by atoms with Gasteiger partial charge in [-0.3, -0.25) is 4.90 Å². The molecule has 0 radical (unpaired) electrons. The summed E-state index contributed by atoms with van der Waals surface area (Å²) in [5, 5.41) is 5.40. The number of hydrogen-bond donors (Lipinski definition) is 0. The third kappa shape index (κ3) is 6.65. The van der Waals surface area contributed by atoms with Crippen LogP contribution in [0.5, 0.6) is 0 Å². The highest BCUT2D eigenvalue weighted by atomic mass is 35.5. The predicted molar refractivity (Wildman–Crippen MR) is 133 cm³/mol. The fraction of sp³-hybridized carbons (Fsp3) is 0.615. The first-order valence-corrected chi connectivity index (χ1v) is 13.0. The lowest BCUT2D eigenvalue weighted by Gasteiger charge is -2.39. The van der Waals surface area contributed by atoms with Gasteiger partial charge in [-0.2, -0.15) is 31.4 Å². The van der Waals surface area contributed by atoms with Crippen molar-refractivity contribution in [3.05, 3.63) is 46.7 Å². The summed E-state index contributed by atoms with van der Waals surface area (Å²) in [5.74, 6) is 0. The highest BCUT2D eigenvalue weighted by Gasteiger charge is 2.60. The van der Waals surface area contributed by atoms with Gasteiger partial charge in [0.15, 0.2) is 0 Å². The predicted octanol–water partition coefficient (Wildman–Crippen LogP) is 6.74. The molecule has 0 bridgehead atoms. The molecule has 1 spiro atoms. The second kappa shape index (κ2) is 10.5. The Morgan fingerprint density at radius 1 is 1.03 bits per heavy atom. The number of ether oxygens (including phenoxy) is 1. The number of likely N-dealkylation sites (tertiary alicyclic amines) is 2. The van der Waals surface area contributed by atoms with Crippen LogP contribution in [0.25, 0.3) is 5.69 Å². The molecule has 216 valence electrons. The topological polar surface area (TPSA) is 50.6 Å². The first-order chi connectivity index (χ1) is 18.0. The minimum Gasteiger partial charge on any atom is -0.426 e. The van der Waals surface area contributed by atoms with E-state index in [4.69, 9.17) is 16.7 Å². The molecule has 3 heterocycles. The second-order valence-corrected chi connectivity index (χ2v) is 11.8. The number of rotatable bonds is 4. The number of benzene rings is 1. The number of nitrogens with zero attached hydrogens (tertiary/aromatic N) is 4. The zero-order chi connectivity index (χ0) is 28.8. The van der Waals surface area contributed by atoms with Crippen LogP contribution in [0.2, 0.25) is 5.02 Å². The van der Waals surface area contributed by atoms with E-state index in [9.17, 15) is 31.1 Å². The molecule has 13 heteroatoms. The molecule has 1 aromatic carbocycles. The summed E-state index contributed by atoms with van der Waals surface area (Å²) in [4.78, 5) is 15.4. The van der Waals surface area contributed by atoms with Gasteiger partial charge in [0.05, 0.1) is 22.1 Å². The number of carbonyl (C=O) groups is 1. The molecule has 2 aromatic rings. The first kappa shape index (κ1) is 29.5. The van der Waals surface area contributed by atoms with E-state index in [0.29, 0.717) is 31.0 Å². The van der Waals surface area contributed by atoms with Crippen LogP contribution in [-0.2, 0) is 16.7 Å². The fourth-order valence-corrected chi connectivity index (χ4v) is 5.40. The van der Waals surface area contributed by atoms with Gasteiger partial charge in [-0.05, 0) is 49.4 Å². The van der Waals surface area contributed by atoms with Crippen molar-refractivity contribution in [1.29, 1.82) is 0 Å². The maximum absolute atomic E-state index is 12.8. The van der Waals surface area contributed by atoms with E-state index in [1.54, 1.807) is 6.07 Å². The van der Waals surface area contributed by atoms with Crippen molar-refractivity contribution in [2.45, 2.75) is 70.4 Å². The van der Waals surface area contributed by atoms with Crippen LogP contribution < -0.4 is 0 Å². The summed E-state index contributed by atoms with van der Waals surface area (Å²) < 4.78 is 82.5. The lowest BCUT2D eigenvalue weighted by Crippen LogP contribution is -2.50. The number of para-hydroxylation sites is 1. The molecule has 0 unspecified atom stereocenters. The highest BCUT2D eigenvalue weighted by Crippen LogP contribution is 2.42. The lowest BCUT2D eigenvalue weighted by molar-refractivity contribution is -0.308. The summed E-state index contributed by atoms with van der Waals surface area (Å²) in [7, 11) is 0. The zero-order valence-corrected chi connectivity index (χ0v) is 22.6. The number of carbonyl (C=O) groups excluding carboxylic acids is 1. The Bertz CT molecular complexity index is 1170. The Labute approximate surface area is 227 Å². The van der Waals surface area contributed by atoms with E-state index >= 15 is 0 Å². The summed E-state index contributed by atoms with van der Waals surface area (Å²) in [6.07, 6.45) is -15.5. The van der Waals surface area contributed by atoms with E-state index < -0.39 is 24.5 Å². The number of alkyl halides is 6. The van der Waals surface area contributed by atoms with Crippen LogP contribution in [0.1, 0.15) is 51.4 Å². The molecule has 2 fully saturated rings. The molecule has 0 N–H and O–H groups in total. The van der Waals surface area contributed by atoms with Crippen molar-refractivity contribution in [3.63, 3.8) is 0 Å². The average molecular weight is 581 g/mol. The van der Waals surface area contributed by atoms with E-state index in [-0.39, 0.29) is 23.9 Å². The number of hydrogen-bond acceptors (Lipinski definition) is 4. The number of piperidine rings is 1. The maximum Gasteiger partial charge on any atom is 0.434 e. The minimum atomic E-state index is -5.74. The molecule has 2 aliphatic heterocycles. The molecule has 0 saturated carbocycles. The van der Waals surface area contributed by atoms with E-state index in [1.165, 1.54) is 0 Å². The van der Waals surface area contributed by atoms with Gasteiger partial charge in [-0.1, -0.05) is 44.5 Å². The molecule has 6 nitrogen and oxygen atoms in total. The monoisotopic (exact) mass is 580 g/mol. The van der Waals surface area contributed by atoms with Crippen LogP contribution in [0, 0.1) is 5.41 Å². The molecule has 0 atom stereocenters. The SMILES string of the molecule is CC(C)(C)c1cc(CN2CCC3(CCN(C(=O)OC(C(F)(F)F)C(F)(F)F)CC3)C2)n(-c2ccccc2Cl)n1. The number of aromatic nitrogens is 2. The van der Waals surface area contributed by atoms with Crippen LogP contribution >= 0.6 is 11.6 Å². The van der Waals surface area contributed by atoms with Crippen LogP contribution in [0.3, 0.4) is 0 Å². The van der Waals surface area contributed by atoms with Gasteiger partial charge in [0.25, 0.3) is 6.10 Å². The Kier molecular flexibility index (Phi) is 7.94. The quantitative estimate of drug-likeness (QED) is 0.376. The van der Waals surface area contributed by atoms with Crippen molar-refractivity contribution >= 4 is 17.7 Å². The smallest absolute Gasteiger partial charge is 0.426 e. The molecule has 0 aliphatic carbocycles. The Hall–Kier alpha value is -2.47. The summed E-state index contributed by atoms with van der Waals surface area (Å²) in [6, 6.07) is 9.49. The standard InChI is InChI=1S/C26H31ClF6N4O2/c1-23(2,3)20-14-17(37(34-20)19-7-5-4-6-18(19)27)15-35-11-8-24(16-35)9-12-36(13-10-24)22(38)39-21(25(28,29)30)26(31,32)33/h4-7,14,21H,8-13,15-16H2,1-3H3. The molecule has 1 aromatic heterocycles. The van der Waals surface area contributed by atoms with Crippen molar-refractivity contribution < 1.29 is 35.9 Å². The Morgan fingerprint density at radius 3 is 2.18 bits per heavy atom. The van der Waals surface area contributed by atoms with Gasteiger partial charge in [-0.15, -0.1) is 0 Å². The van der Waals surface area contributed by atoms with Crippen LogP contribution in [0.4, 0.5) is 31.1 Å². The third-order valence-corrected chi connectivity index (χ3v) is 7.75. The number of amides is 1. The molecular formula is C26H31ClF6N4O2. The minimum absolute atomic E-state index is 0.0286. The molecule has 4 rings (SSSR count). The van der Waals surface area contributed by atoms with Crippen molar-refractivity contribution in [2.24, 2.45) is 5.41 Å². The average Bonchev–Trinajstić information content (AvgIpc) is 3.41. The van der Waals surface area contributed by atoms with E-state index in [0.717, 1.165) is 34.9 Å². The first-order valence-electron chi connectivity index (χ1n) is 12.6. The van der Waals surface area contributed by atoms with Crippen molar-refractivity contribution in [3.8, 4) is 5.69 Å². The van der Waals surface area contributed by atoms with Gasteiger partial charge >= 0.3 is 18.4 Å². The van der Waals surface area contributed by atoms with Gasteiger partial charge in [-0.25, -0.2) is 9.48 Å². The maximum atomic E-state index is 12.8. The van der Waals surface area contributed by atoms with E-state index in [2.05, 4.69) is 36.5 Å². The molecular weight excluding hydrogens is 550 g/mol. The van der Waals surface area contributed by atoms with Crippen LogP contribution in [-0.4, -0.2) is 70.3 Å². The fourth-order valence-electron chi connectivity index (χ4n) is 5.19. The van der Waals surface area contributed by atoms with Crippen molar-refractivity contribution in [1.82, 2.24) is 19.6 Å². The van der Waals surface area contributed by atoms with Gasteiger partial charge in [0.2, 0.25) is 0 Å². The highest BCUT2D eigenvalue weighted by molar-refractivity contribution is 6.32. The Balaban J connectivity index is 1.42. The largest absolute Gasteiger partial charge is 0.434 e. The van der Waals surface area contributed by atoms with Crippen molar-refractivity contribution in [2.75, 3.05) is 26.2 Å².